The maximum atomic E-state index is 11.9. The lowest BCUT2D eigenvalue weighted by molar-refractivity contribution is 0.125. The van der Waals surface area contributed by atoms with E-state index in [1.807, 2.05) is 30.3 Å². The zero-order valence-corrected chi connectivity index (χ0v) is 14.8. The van der Waals surface area contributed by atoms with Gasteiger partial charge in [0.1, 0.15) is 6.61 Å². The van der Waals surface area contributed by atoms with Crippen LogP contribution in [0.15, 0.2) is 30.3 Å². The lowest BCUT2D eigenvalue weighted by atomic mass is 9.90. The van der Waals surface area contributed by atoms with Crippen LogP contribution >= 0.6 is 12.4 Å². The van der Waals surface area contributed by atoms with Crippen molar-refractivity contribution in [1.29, 1.82) is 0 Å². The van der Waals surface area contributed by atoms with Gasteiger partial charge in [0.15, 0.2) is 0 Å². The van der Waals surface area contributed by atoms with Crippen LogP contribution in [-0.2, 0) is 11.3 Å². The third-order valence-electron chi connectivity index (χ3n) is 5.00. The predicted molar refractivity (Wildman–Crippen MR) is 97.2 cm³/mol. The number of nitrogens with one attached hydrogen (secondary N) is 1. The highest BCUT2D eigenvalue weighted by molar-refractivity contribution is 5.85. The van der Waals surface area contributed by atoms with Crippen LogP contribution in [0.1, 0.15) is 37.7 Å². The van der Waals surface area contributed by atoms with Gasteiger partial charge in [0.25, 0.3) is 0 Å². The Labute approximate surface area is 150 Å². The Balaban J connectivity index is 0.00000208. The standard InChI is InChI=1S/C18H27N3O2.ClH/c19-15-10-11-21(12-15)17-8-6-16(7-9-17)20-18(22)23-13-14-4-2-1-3-5-14;/h1-5,15-17H,6-13,19H2,(H,20,22);1H/t15-,16?,17?;/m0./s1. The number of nitrogens with zero attached hydrogens (tertiary/aromatic N) is 1. The fourth-order valence-electron chi connectivity index (χ4n) is 3.66. The van der Waals surface area contributed by atoms with Crippen LogP contribution in [0.2, 0.25) is 0 Å². The number of alkyl carbamates (subject to hydrolysis) is 1. The molecule has 6 heteroatoms. The van der Waals surface area contributed by atoms with E-state index in [2.05, 4.69) is 10.2 Å². The number of carbonyl (C=O) groups is 1. The first-order chi connectivity index (χ1) is 11.2. The molecular weight excluding hydrogens is 326 g/mol. The van der Waals surface area contributed by atoms with Crippen LogP contribution in [0.25, 0.3) is 0 Å². The molecule has 5 nitrogen and oxygen atoms in total. The van der Waals surface area contributed by atoms with E-state index in [0.717, 1.165) is 50.8 Å². The monoisotopic (exact) mass is 353 g/mol. The second-order valence-electron chi connectivity index (χ2n) is 6.76. The summed E-state index contributed by atoms with van der Waals surface area (Å²) in [6, 6.07) is 11.0. The van der Waals surface area contributed by atoms with Gasteiger partial charge < -0.3 is 15.8 Å². The second-order valence-corrected chi connectivity index (χ2v) is 6.76. The van der Waals surface area contributed by atoms with Crippen molar-refractivity contribution in [3.05, 3.63) is 35.9 Å². The molecule has 0 bridgehead atoms. The third-order valence-corrected chi connectivity index (χ3v) is 5.00. The highest BCUT2D eigenvalue weighted by Gasteiger charge is 2.30. The molecule has 0 spiro atoms. The molecule has 1 amide bonds. The number of likely N-dealkylation sites (tertiary alicyclic amines) is 1. The van der Waals surface area contributed by atoms with Gasteiger partial charge in [-0.15, -0.1) is 12.4 Å². The smallest absolute Gasteiger partial charge is 0.407 e. The molecule has 1 saturated carbocycles. The van der Waals surface area contributed by atoms with E-state index in [-0.39, 0.29) is 24.5 Å². The van der Waals surface area contributed by atoms with Crippen molar-refractivity contribution >= 4 is 18.5 Å². The number of nitrogens with two attached hydrogens (primary N) is 1. The first kappa shape index (κ1) is 19.0. The van der Waals surface area contributed by atoms with Gasteiger partial charge in [-0.2, -0.15) is 0 Å². The van der Waals surface area contributed by atoms with E-state index in [1.165, 1.54) is 0 Å². The fourth-order valence-corrected chi connectivity index (χ4v) is 3.66. The van der Waals surface area contributed by atoms with Crippen molar-refractivity contribution in [2.75, 3.05) is 13.1 Å². The van der Waals surface area contributed by atoms with Gasteiger partial charge in [-0.05, 0) is 37.7 Å². The molecule has 1 heterocycles. The van der Waals surface area contributed by atoms with Gasteiger partial charge in [0.05, 0.1) is 0 Å². The Bertz CT molecular complexity index is 506. The summed E-state index contributed by atoms with van der Waals surface area (Å²) in [7, 11) is 0. The minimum absolute atomic E-state index is 0. The number of hydrogen-bond donors (Lipinski definition) is 2. The van der Waals surface area contributed by atoms with Crippen LogP contribution in [-0.4, -0.2) is 42.2 Å². The highest BCUT2D eigenvalue weighted by atomic mass is 35.5. The molecule has 1 aliphatic heterocycles. The molecule has 0 radical (unpaired) electrons. The van der Waals surface area contributed by atoms with Gasteiger partial charge in [-0.3, -0.25) is 4.90 Å². The minimum atomic E-state index is -0.305. The topological polar surface area (TPSA) is 67.6 Å². The second kappa shape index (κ2) is 9.25. The lowest BCUT2D eigenvalue weighted by Gasteiger charge is -2.34. The molecule has 0 aromatic heterocycles. The van der Waals surface area contributed by atoms with E-state index >= 15 is 0 Å². The summed E-state index contributed by atoms with van der Waals surface area (Å²) in [5.74, 6) is 0. The summed E-state index contributed by atoms with van der Waals surface area (Å²) in [6.07, 6.45) is 5.13. The van der Waals surface area contributed by atoms with Crippen LogP contribution in [0.3, 0.4) is 0 Å². The molecule has 24 heavy (non-hydrogen) atoms. The zero-order valence-electron chi connectivity index (χ0n) is 14.0. The Morgan fingerprint density at radius 1 is 1.17 bits per heavy atom. The fraction of sp³-hybridized carbons (Fsp3) is 0.611. The SMILES string of the molecule is Cl.N[C@H]1CCN(C2CCC(NC(=O)OCc3ccccc3)CC2)C1. The van der Waals surface area contributed by atoms with Gasteiger partial charge in [-0.25, -0.2) is 4.79 Å². The summed E-state index contributed by atoms with van der Waals surface area (Å²) >= 11 is 0. The third kappa shape index (κ3) is 5.36. The van der Waals surface area contributed by atoms with Crippen LogP contribution in [0.5, 0.6) is 0 Å². The van der Waals surface area contributed by atoms with E-state index in [1.54, 1.807) is 0 Å². The van der Waals surface area contributed by atoms with Gasteiger partial charge in [0, 0.05) is 31.2 Å². The molecular formula is C18H28ClN3O2. The number of amides is 1. The largest absolute Gasteiger partial charge is 0.445 e. The molecule has 0 unspecified atom stereocenters. The molecule has 1 aromatic rings. The summed E-state index contributed by atoms with van der Waals surface area (Å²) in [4.78, 5) is 14.4. The Kier molecular flexibility index (Phi) is 7.34. The molecule has 1 aliphatic carbocycles. The number of ether oxygens (including phenoxy) is 1. The zero-order chi connectivity index (χ0) is 16.1. The van der Waals surface area contributed by atoms with Crippen LogP contribution in [0, 0.1) is 0 Å². The van der Waals surface area contributed by atoms with Crippen molar-refractivity contribution in [1.82, 2.24) is 10.2 Å². The van der Waals surface area contributed by atoms with Crippen LogP contribution < -0.4 is 11.1 Å². The maximum Gasteiger partial charge on any atom is 0.407 e. The number of carbonyl (C=O) groups excluding carboxylic acids is 1. The average molecular weight is 354 g/mol. The number of hydrogen-bond acceptors (Lipinski definition) is 4. The van der Waals surface area contributed by atoms with Crippen molar-refractivity contribution in [3.8, 4) is 0 Å². The van der Waals surface area contributed by atoms with Gasteiger partial charge in [-0.1, -0.05) is 30.3 Å². The predicted octanol–water partition coefficient (Wildman–Crippen LogP) is 2.68. The molecule has 3 N–H and O–H groups in total. The quantitative estimate of drug-likeness (QED) is 0.873. The summed E-state index contributed by atoms with van der Waals surface area (Å²) in [6.45, 7) is 2.48. The number of rotatable bonds is 4. The lowest BCUT2D eigenvalue weighted by Crippen LogP contribution is -2.44. The number of halogens is 1. The van der Waals surface area contributed by atoms with Gasteiger partial charge in [0.2, 0.25) is 0 Å². The normalized spacial score (nSPS) is 27.3. The number of benzene rings is 1. The molecule has 2 fully saturated rings. The first-order valence-corrected chi connectivity index (χ1v) is 8.67. The van der Waals surface area contributed by atoms with Crippen molar-refractivity contribution in [3.63, 3.8) is 0 Å². The molecule has 3 rings (SSSR count). The Morgan fingerprint density at radius 2 is 1.88 bits per heavy atom. The van der Waals surface area contributed by atoms with Crippen molar-refractivity contribution in [2.45, 2.75) is 56.8 Å². The van der Waals surface area contributed by atoms with Crippen molar-refractivity contribution < 1.29 is 9.53 Å². The average Bonchev–Trinajstić information content (AvgIpc) is 3.01. The van der Waals surface area contributed by atoms with Crippen molar-refractivity contribution in [2.24, 2.45) is 5.73 Å². The van der Waals surface area contributed by atoms with Crippen LogP contribution in [0.4, 0.5) is 4.79 Å². The molecule has 1 atom stereocenters. The Hall–Kier alpha value is -1.30. The van der Waals surface area contributed by atoms with Gasteiger partial charge >= 0.3 is 6.09 Å². The Morgan fingerprint density at radius 3 is 2.50 bits per heavy atom. The van der Waals surface area contributed by atoms with E-state index < -0.39 is 0 Å². The van der Waals surface area contributed by atoms with E-state index in [9.17, 15) is 4.79 Å². The summed E-state index contributed by atoms with van der Waals surface area (Å²) in [5, 5.41) is 3.00. The van der Waals surface area contributed by atoms with E-state index in [4.69, 9.17) is 10.5 Å². The molecule has 2 aliphatic rings. The minimum Gasteiger partial charge on any atom is -0.445 e. The summed E-state index contributed by atoms with van der Waals surface area (Å²) in [5.41, 5.74) is 7.00. The molecule has 1 aromatic carbocycles. The molecule has 1 saturated heterocycles. The molecule has 134 valence electrons. The first-order valence-electron chi connectivity index (χ1n) is 8.67. The highest BCUT2D eigenvalue weighted by Crippen LogP contribution is 2.25. The van der Waals surface area contributed by atoms with E-state index in [0.29, 0.717) is 18.7 Å². The maximum absolute atomic E-state index is 11.9. The summed E-state index contributed by atoms with van der Waals surface area (Å²) < 4.78 is 5.29.